The second-order valence-electron chi connectivity index (χ2n) is 14.6. The highest BCUT2D eigenvalue weighted by atomic mass is 16.3. The van der Waals surface area contributed by atoms with Crippen molar-refractivity contribution in [3.63, 3.8) is 0 Å². The molecule has 1 spiro atoms. The Balaban J connectivity index is 1.03. The molecule has 8 aromatic carbocycles. The molecule has 0 amide bonds. The number of rotatable bonds is 4. The Morgan fingerprint density at radius 1 is 0.357 bits per heavy atom. The van der Waals surface area contributed by atoms with Crippen LogP contribution in [0, 0.1) is 0 Å². The van der Waals surface area contributed by atoms with Gasteiger partial charge in [-0.2, -0.15) is 0 Å². The average molecular weight is 714 g/mol. The fraction of sp³-hybridized carbons (Fsp3) is 0.0192. The predicted octanol–water partition coefficient (Wildman–Crippen LogP) is 12.8. The van der Waals surface area contributed by atoms with Gasteiger partial charge in [-0.1, -0.05) is 182 Å². The van der Waals surface area contributed by atoms with E-state index in [1.165, 1.54) is 38.9 Å². The van der Waals surface area contributed by atoms with E-state index >= 15 is 0 Å². The van der Waals surface area contributed by atoms with Crippen molar-refractivity contribution in [2.75, 3.05) is 0 Å². The summed E-state index contributed by atoms with van der Waals surface area (Å²) in [4.78, 5) is 15.2. The number of furan rings is 1. The summed E-state index contributed by atoms with van der Waals surface area (Å²) < 4.78 is 6.70. The first-order valence-electron chi connectivity index (χ1n) is 19.0. The van der Waals surface area contributed by atoms with E-state index in [-0.39, 0.29) is 0 Å². The van der Waals surface area contributed by atoms with Crippen molar-refractivity contribution in [1.82, 2.24) is 15.0 Å². The van der Waals surface area contributed by atoms with Gasteiger partial charge in [0, 0.05) is 33.2 Å². The minimum Gasteiger partial charge on any atom is -0.456 e. The van der Waals surface area contributed by atoms with Gasteiger partial charge in [0.15, 0.2) is 17.5 Å². The Morgan fingerprint density at radius 2 is 0.893 bits per heavy atom. The lowest BCUT2D eigenvalue weighted by molar-refractivity contribution is 0.628. The van der Waals surface area contributed by atoms with Crippen LogP contribution in [0.5, 0.6) is 0 Å². The van der Waals surface area contributed by atoms with Crippen LogP contribution in [0.1, 0.15) is 22.3 Å². The molecule has 0 radical (unpaired) electrons. The number of hydrogen-bond donors (Lipinski definition) is 0. The summed E-state index contributed by atoms with van der Waals surface area (Å²) in [5, 5.41) is 3.42. The molecule has 2 aromatic heterocycles. The zero-order valence-corrected chi connectivity index (χ0v) is 30.1. The van der Waals surface area contributed by atoms with Crippen molar-refractivity contribution < 1.29 is 4.42 Å². The van der Waals surface area contributed by atoms with Crippen molar-refractivity contribution in [3.05, 3.63) is 210 Å². The molecule has 1 atom stereocenters. The highest BCUT2D eigenvalue weighted by molar-refractivity contribution is 6.04. The second-order valence-corrected chi connectivity index (χ2v) is 14.6. The quantitative estimate of drug-likeness (QED) is 0.182. The highest BCUT2D eigenvalue weighted by Gasteiger charge is 2.54. The molecule has 0 bridgehead atoms. The van der Waals surface area contributed by atoms with E-state index in [2.05, 4.69) is 158 Å². The normalized spacial score (nSPS) is 14.9. The van der Waals surface area contributed by atoms with Gasteiger partial charge >= 0.3 is 0 Å². The summed E-state index contributed by atoms with van der Waals surface area (Å²) in [5.74, 6) is 2.90. The molecule has 12 rings (SSSR count). The van der Waals surface area contributed by atoms with Gasteiger partial charge in [0.25, 0.3) is 0 Å². The third kappa shape index (κ3) is 4.27. The minimum absolute atomic E-state index is 0.503. The van der Waals surface area contributed by atoms with E-state index in [9.17, 15) is 0 Å². The molecular weight excluding hydrogens is 683 g/mol. The molecule has 0 aliphatic heterocycles. The topological polar surface area (TPSA) is 51.8 Å². The Morgan fingerprint density at radius 3 is 1.71 bits per heavy atom. The number of aromatic nitrogens is 3. The highest BCUT2D eigenvalue weighted by Crippen LogP contribution is 2.65. The SMILES string of the molecule is c1ccc(-c2nc(-c3ccc(-c4cccc5c4-c4ccccc4C54c5ccccc5-c5oc6ccccc6c54)cc3)nc(-c3cccc4ccccc34)n2)cc1. The van der Waals surface area contributed by atoms with Crippen LogP contribution in [0.4, 0.5) is 0 Å². The van der Waals surface area contributed by atoms with Crippen molar-refractivity contribution in [1.29, 1.82) is 0 Å². The van der Waals surface area contributed by atoms with Crippen LogP contribution in [-0.4, -0.2) is 15.0 Å². The van der Waals surface area contributed by atoms with Crippen LogP contribution in [0.2, 0.25) is 0 Å². The van der Waals surface area contributed by atoms with Gasteiger partial charge in [-0.25, -0.2) is 15.0 Å². The van der Waals surface area contributed by atoms with Crippen LogP contribution < -0.4 is 0 Å². The van der Waals surface area contributed by atoms with E-state index in [4.69, 9.17) is 19.4 Å². The second kappa shape index (κ2) is 11.8. The Hall–Kier alpha value is -7.43. The summed E-state index contributed by atoms with van der Waals surface area (Å²) in [7, 11) is 0. The Labute approximate surface area is 323 Å². The van der Waals surface area contributed by atoms with Crippen molar-refractivity contribution in [2.24, 2.45) is 0 Å². The summed E-state index contributed by atoms with van der Waals surface area (Å²) >= 11 is 0. The van der Waals surface area contributed by atoms with E-state index in [1.54, 1.807) is 0 Å². The third-order valence-electron chi connectivity index (χ3n) is 11.8. The lowest BCUT2D eigenvalue weighted by Gasteiger charge is -2.30. The molecule has 0 N–H and O–H groups in total. The first kappa shape index (κ1) is 31.0. The van der Waals surface area contributed by atoms with Gasteiger partial charge in [-0.05, 0) is 55.8 Å². The largest absolute Gasteiger partial charge is 0.456 e. The van der Waals surface area contributed by atoms with Crippen LogP contribution >= 0.6 is 0 Å². The molecule has 0 fully saturated rings. The van der Waals surface area contributed by atoms with Gasteiger partial charge in [0.2, 0.25) is 0 Å². The maximum absolute atomic E-state index is 6.70. The number of fused-ring (bicyclic) bond motifs is 13. The van der Waals surface area contributed by atoms with Gasteiger partial charge < -0.3 is 4.42 Å². The fourth-order valence-corrected chi connectivity index (χ4v) is 9.44. The lowest BCUT2D eigenvalue weighted by atomic mass is 9.70. The number of hydrogen-bond acceptors (Lipinski definition) is 4. The van der Waals surface area contributed by atoms with E-state index in [0.717, 1.165) is 55.3 Å². The summed E-state index contributed by atoms with van der Waals surface area (Å²) in [5.41, 5.74) is 14.3. The van der Waals surface area contributed by atoms with Crippen molar-refractivity contribution >= 4 is 21.7 Å². The number of benzene rings is 8. The molecular formula is C52H31N3O. The van der Waals surface area contributed by atoms with Gasteiger partial charge in [-0.15, -0.1) is 0 Å². The molecule has 4 nitrogen and oxygen atoms in total. The van der Waals surface area contributed by atoms with E-state index in [1.807, 2.05) is 30.3 Å². The van der Waals surface area contributed by atoms with E-state index in [0.29, 0.717) is 17.5 Å². The molecule has 4 heteroatoms. The van der Waals surface area contributed by atoms with Crippen molar-refractivity contribution in [2.45, 2.75) is 5.41 Å². The van der Waals surface area contributed by atoms with Crippen LogP contribution in [0.25, 0.3) is 89.5 Å². The minimum atomic E-state index is -0.503. The maximum Gasteiger partial charge on any atom is 0.164 e. The van der Waals surface area contributed by atoms with Crippen LogP contribution in [0.3, 0.4) is 0 Å². The van der Waals surface area contributed by atoms with Crippen LogP contribution in [-0.2, 0) is 5.41 Å². The third-order valence-corrected chi connectivity index (χ3v) is 11.8. The molecule has 56 heavy (non-hydrogen) atoms. The molecule has 10 aromatic rings. The lowest BCUT2D eigenvalue weighted by Crippen LogP contribution is -2.25. The van der Waals surface area contributed by atoms with Gasteiger partial charge in [0.1, 0.15) is 11.3 Å². The molecule has 260 valence electrons. The summed E-state index contributed by atoms with van der Waals surface area (Å²) in [6.45, 7) is 0. The number of para-hydroxylation sites is 1. The Bertz CT molecular complexity index is 3190. The molecule has 2 aliphatic rings. The zero-order chi connectivity index (χ0) is 36.8. The average Bonchev–Trinajstić information content (AvgIpc) is 3.90. The fourth-order valence-electron chi connectivity index (χ4n) is 9.44. The monoisotopic (exact) mass is 713 g/mol. The predicted molar refractivity (Wildman–Crippen MR) is 225 cm³/mol. The molecule has 1 unspecified atom stereocenters. The van der Waals surface area contributed by atoms with E-state index < -0.39 is 5.41 Å². The van der Waals surface area contributed by atoms with Gasteiger partial charge in [0.05, 0.1) is 5.41 Å². The summed E-state index contributed by atoms with van der Waals surface area (Å²) in [6, 6.07) is 66.5. The first-order chi connectivity index (χ1) is 27.8. The first-order valence-corrected chi connectivity index (χ1v) is 19.0. The Kier molecular flexibility index (Phi) is 6.52. The molecule has 0 saturated heterocycles. The van der Waals surface area contributed by atoms with Gasteiger partial charge in [-0.3, -0.25) is 0 Å². The number of nitrogens with zero attached hydrogens (tertiary/aromatic N) is 3. The molecule has 0 saturated carbocycles. The standard InChI is InChI=1S/C52H31N3O/c1-2-15-34(16-3-1)49-53-50(55-51(54-49)38-23-12-17-32-14-4-5-18-36(32)38)35-30-28-33(29-31-35)37-22-13-26-44-46(37)39-19-6-9-24-42(39)52(44)43-25-10-7-20-40(43)48-47(52)41-21-8-11-27-45(41)56-48/h1-31H. The molecule has 2 heterocycles. The maximum atomic E-state index is 6.70. The molecule has 2 aliphatic carbocycles. The summed E-state index contributed by atoms with van der Waals surface area (Å²) in [6.07, 6.45) is 0. The zero-order valence-electron chi connectivity index (χ0n) is 30.1. The van der Waals surface area contributed by atoms with Crippen LogP contribution in [0.15, 0.2) is 192 Å². The van der Waals surface area contributed by atoms with Crippen molar-refractivity contribution in [3.8, 4) is 67.7 Å². The smallest absolute Gasteiger partial charge is 0.164 e.